The van der Waals surface area contributed by atoms with Crippen LogP contribution in [0.15, 0.2) is 96.5 Å². The standard InChI is InChI=1S/C27H18N4O2/c28-15-21-25(29)33-24-20(13-12-18-9-6-14-30-23(18)24)27(21)19-10-4-5-11-22(19)31(26(27)32)16-17-7-2-1-3-8-17/h1-14H,16,29H2. The van der Waals surface area contributed by atoms with Gasteiger partial charge in [-0.3, -0.25) is 9.78 Å². The molecule has 6 nitrogen and oxygen atoms in total. The van der Waals surface area contributed by atoms with Crippen LogP contribution in [0.25, 0.3) is 10.9 Å². The number of pyridine rings is 1. The van der Waals surface area contributed by atoms with Crippen molar-refractivity contribution in [1.29, 1.82) is 5.26 Å². The summed E-state index contributed by atoms with van der Waals surface area (Å²) in [5.74, 6) is 0.106. The van der Waals surface area contributed by atoms with E-state index in [9.17, 15) is 10.1 Å². The molecule has 33 heavy (non-hydrogen) atoms. The predicted molar refractivity (Wildman–Crippen MR) is 124 cm³/mol. The summed E-state index contributed by atoms with van der Waals surface area (Å²) in [4.78, 5) is 20.6. The van der Waals surface area contributed by atoms with E-state index in [0.29, 0.717) is 28.9 Å². The number of aromatic nitrogens is 1. The molecule has 1 unspecified atom stereocenters. The zero-order chi connectivity index (χ0) is 22.6. The van der Waals surface area contributed by atoms with Crippen molar-refractivity contribution in [3.8, 4) is 11.8 Å². The van der Waals surface area contributed by atoms with Gasteiger partial charge < -0.3 is 15.4 Å². The van der Waals surface area contributed by atoms with Gasteiger partial charge in [0.25, 0.3) is 0 Å². The Morgan fingerprint density at radius 2 is 1.76 bits per heavy atom. The number of benzene rings is 3. The second kappa shape index (κ2) is 6.94. The first kappa shape index (κ1) is 19.1. The minimum Gasteiger partial charge on any atom is -0.438 e. The summed E-state index contributed by atoms with van der Waals surface area (Å²) in [5, 5.41) is 11.1. The Morgan fingerprint density at radius 1 is 0.970 bits per heavy atom. The second-order valence-electron chi connectivity index (χ2n) is 8.11. The van der Waals surface area contributed by atoms with E-state index in [1.54, 1.807) is 11.1 Å². The van der Waals surface area contributed by atoms with Crippen LogP contribution in [0.4, 0.5) is 5.69 Å². The molecule has 6 rings (SSSR count). The summed E-state index contributed by atoms with van der Waals surface area (Å²) in [6.45, 7) is 0.374. The largest absolute Gasteiger partial charge is 0.438 e. The quantitative estimate of drug-likeness (QED) is 0.516. The number of hydrogen-bond acceptors (Lipinski definition) is 5. The van der Waals surface area contributed by atoms with Crippen LogP contribution in [0.5, 0.6) is 5.75 Å². The van der Waals surface area contributed by atoms with Gasteiger partial charge in [-0.1, -0.05) is 66.7 Å². The number of rotatable bonds is 2. The zero-order valence-electron chi connectivity index (χ0n) is 17.5. The first-order valence-electron chi connectivity index (χ1n) is 10.6. The van der Waals surface area contributed by atoms with Crippen LogP contribution in [0, 0.1) is 11.3 Å². The molecule has 2 N–H and O–H groups in total. The number of ether oxygens (including phenoxy) is 1. The predicted octanol–water partition coefficient (Wildman–Crippen LogP) is 4.15. The van der Waals surface area contributed by atoms with Crippen LogP contribution in [-0.4, -0.2) is 10.9 Å². The summed E-state index contributed by atoms with van der Waals surface area (Å²) in [5.41, 5.74) is 8.63. The van der Waals surface area contributed by atoms with Gasteiger partial charge >= 0.3 is 0 Å². The summed E-state index contributed by atoms with van der Waals surface area (Å²) in [6, 6.07) is 27.0. The van der Waals surface area contributed by atoms with Gasteiger partial charge in [0.1, 0.15) is 22.6 Å². The normalized spacial score (nSPS) is 18.8. The monoisotopic (exact) mass is 430 g/mol. The third-order valence-corrected chi connectivity index (χ3v) is 6.43. The van der Waals surface area contributed by atoms with Crippen LogP contribution in [0.3, 0.4) is 0 Å². The molecular formula is C27H18N4O2. The number of nitriles is 1. The molecule has 0 aliphatic carbocycles. The molecule has 1 atom stereocenters. The van der Waals surface area contributed by atoms with Gasteiger partial charge in [0.05, 0.1) is 6.54 Å². The highest BCUT2D eigenvalue weighted by molar-refractivity contribution is 6.14. The molecular weight excluding hydrogens is 412 g/mol. The average molecular weight is 430 g/mol. The smallest absolute Gasteiger partial charge is 0.248 e. The molecule has 1 spiro atoms. The van der Waals surface area contributed by atoms with Crippen molar-refractivity contribution in [2.75, 3.05) is 4.90 Å². The van der Waals surface area contributed by atoms with Crippen molar-refractivity contribution in [2.24, 2.45) is 5.73 Å². The number of nitrogens with zero attached hydrogens (tertiary/aromatic N) is 3. The number of fused-ring (bicyclic) bond motifs is 6. The molecule has 1 amide bonds. The van der Waals surface area contributed by atoms with Gasteiger partial charge in [-0.15, -0.1) is 0 Å². The highest BCUT2D eigenvalue weighted by Crippen LogP contribution is 2.56. The fourth-order valence-corrected chi connectivity index (χ4v) is 5.01. The van der Waals surface area contributed by atoms with E-state index in [2.05, 4.69) is 11.1 Å². The molecule has 6 heteroatoms. The van der Waals surface area contributed by atoms with E-state index in [4.69, 9.17) is 10.5 Å². The van der Waals surface area contributed by atoms with E-state index in [0.717, 1.165) is 16.6 Å². The van der Waals surface area contributed by atoms with Crippen molar-refractivity contribution >= 4 is 22.5 Å². The van der Waals surface area contributed by atoms with Gasteiger partial charge in [0.2, 0.25) is 11.8 Å². The Bertz CT molecular complexity index is 1520. The fourth-order valence-electron chi connectivity index (χ4n) is 5.01. The molecule has 0 radical (unpaired) electrons. The lowest BCUT2D eigenvalue weighted by molar-refractivity contribution is -0.121. The molecule has 3 aromatic carbocycles. The minimum atomic E-state index is -1.40. The first-order valence-corrected chi connectivity index (χ1v) is 10.6. The highest BCUT2D eigenvalue weighted by atomic mass is 16.5. The Kier molecular flexibility index (Phi) is 4.01. The molecule has 2 aliphatic rings. The van der Waals surface area contributed by atoms with Gasteiger partial charge in [0, 0.05) is 28.4 Å². The maximum atomic E-state index is 14.4. The third kappa shape index (κ3) is 2.47. The summed E-state index contributed by atoms with van der Waals surface area (Å²) in [6.07, 6.45) is 1.67. The van der Waals surface area contributed by atoms with Gasteiger partial charge in [0.15, 0.2) is 5.75 Å². The van der Waals surface area contributed by atoms with E-state index in [1.807, 2.05) is 78.9 Å². The highest BCUT2D eigenvalue weighted by Gasteiger charge is 2.59. The lowest BCUT2D eigenvalue weighted by atomic mass is 9.68. The zero-order valence-corrected chi connectivity index (χ0v) is 17.5. The van der Waals surface area contributed by atoms with Crippen LogP contribution < -0.4 is 15.4 Å². The van der Waals surface area contributed by atoms with E-state index in [-0.39, 0.29) is 17.4 Å². The van der Waals surface area contributed by atoms with Gasteiger partial charge in [-0.25, -0.2) is 0 Å². The second-order valence-corrected chi connectivity index (χ2v) is 8.11. The van der Waals surface area contributed by atoms with Crippen molar-refractivity contribution in [2.45, 2.75) is 12.0 Å². The summed E-state index contributed by atoms with van der Waals surface area (Å²) in [7, 11) is 0. The van der Waals surface area contributed by atoms with Crippen LogP contribution in [0.1, 0.15) is 16.7 Å². The van der Waals surface area contributed by atoms with Gasteiger partial charge in [-0.05, 0) is 17.7 Å². The Hall–Kier alpha value is -4.63. The molecule has 3 heterocycles. The topological polar surface area (TPSA) is 92.2 Å². The van der Waals surface area contributed by atoms with Crippen molar-refractivity contribution < 1.29 is 9.53 Å². The SMILES string of the molecule is N#CC1=C(N)Oc2c(ccc3cccnc23)C12C(=O)N(Cc1ccccc1)c1ccccc12. The Balaban J connectivity index is 1.67. The molecule has 1 aromatic heterocycles. The van der Waals surface area contributed by atoms with E-state index < -0.39 is 5.41 Å². The number of nitrogens with two attached hydrogens (primary N) is 1. The maximum absolute atomic E-state index is 14.4. The van der Waals surface area contributed by atoms with E-state index >= 15 is 0 Å². The number of amides is 1. The Labute approximate surface area is 190 Å². The molecule has 0 fully saturated rings. The lowest BCUT2D eigenvalue weighted by Gasteiger charge is -2.34. The summed E-state index contributed by atoms with van der Waals surface area (Å²) >= 11 is 0. The van der Waals surface area contributed by atoms with Crippen LogP contribution in [-0.2, 0) is 16.8 Å². The van der Waals surface area contributed by atoms with Crippen LogP contribution in [0.2, 0.25) is 0 Å². The number of carbonyl (C=O) groups is 1. The summed E-state index contributed by atoms with van der Waals surface area (Å²) < 4.78 is 5.95. The lowest BCUT2D eigenvalue weighted by Crippen LogP contribution is -2.45. The minimum absolute atomic E-state index is 0.0760. The molecule has 0 saturated heterocycles. The van der Waals surface area contributed by atoms with Crippen molar-refractivity contribution in [3.05, 3.63) is 113 Å². The number of anilines is 1. The van der Waals surface area contributed by atoms with Crippen molar-refractivity contribution in [1.82, 2.24) is 4.98 Å². The number of carbonyl (C=O) groups excluding carboxylic acids is 1. The average Bonchev–Trinajstić information content (AvgIpc) is 3.09. The molecule has 0 saturated carbocycles. The Morgan fingerprint density at radius 3 is 2.58 bits per heavy atom. The van der Waals surface area contributed by atoms with E-state index in [1.165, 1.54) is 0 Å². The molecule has 0 bridgehead atoms. The molecule has 158 valence electrons. The molecule has 2 aliphatic heterocycles. The fraction of sp³-hybridized carbons (Fsp3) is 0.0741. The van der Waals surface area contributed by atoms with Crippen LogP contribution >= 0.6 is 0 Å². The maximum Gasteiger partial charge on any atom is 0.248 e. The number of para-hydroxylation sites is 1. The van der Waals surface area contributed by atoms with Crippen molar-refractivity contribution in [3.63, 3.8) is 0 Å². The number of hydrogen-bond donors (Lipinski definition) is 1. The van der Waals surface area contributed by atoms with Gasteiger partial charge in [-0.2, -0.15) is 5.26 Å². The molecule has 4 aromatic rings. The third-order valence-electron chi connectivity index (χ3n) is 6.43. The first-order chi connectivity index (χ1) is 16.2.